The van der Waals surface area contributed by atoms with Gasteiger partial charge < -0.3 is 20.6 Å². The van der Waals surface area contributed by atoms with Crippen molar-refractivity contribution in [2.45, 2.75) is 97.6 Å². The van der Waals surface area contributed by atoms with Gasteiger partial charge in [0.05, 0.1) is 28.2 Å². The lowest BCUT2D eigenvalue weighted by atomic mass is 9.82. The van der Waals surface area contributed by atoms with E-state index in [9.17, 15) is 23.9 Å². The van der Waals surface area contributed by atoms with E-state index in [0.29, 0.717) is 0 Å². The van der Waals surface area contributed by atoms with Crippen molar-refractivity contribution in [1.29, 1.82) is 0 Å². The lowest BCUT2D eigenvalue weighted by molar-refractivity contribution is -0.145. The first kappa shape index (κ1) is 30.1. The molecule has 2 fully saturated rings. The predicted octanol–water partition coefficient (Wildman–Crippen LogP) is 4.32. The van der Waals surface area contributed by atoms with E-state index in [-0.39, 0.29) is 43.2 Å². The summed E-state index contributed by atoms with van der Waals surface area (Å²) < 4.78 is 14.4. The van der Waals surface area contributed by atoms with E-state index < -0.39 is 41.1 Å². The van der Waals surface area contributed by atoms with Gasteiger partial charge in [0.15, 0.2) is 5.67 Å². The summed E-state index contributed by atoms with van der Waals surface area (Å²) >= 11 is 1.58. The summed E-state index contributed by atoms with van der Waals surface area (Å²) in [5.74, 6) is -1.68. The Kier molecular flexibility index (Phi) is 8.17. The van der Waals surface area contributed by atoms with Crippen LogP contribution < -0.4 is 10.6 Å². The zero-order valence-electron chi connectivity index (χ0n) is 24.4. The molecule has 218 valence electrons. The van der Waals surface area contributed by atoms with Gasteiger partial charge in [0.1, 0.15) is 12.1 Å². The van der Waals surface area contributed by atoms with Crippen molar-refractivity contribution in [2.75, 3.05) is 6.54 Å². The summed E-state index contributed by atoms with van der Waals surface area (Å²) in [4.78, 5) is 46.8. The molecule has 1 saturated carbocycles. The Hall–Kier alpha value is -2.85. The summed E-state index contributed by atoms with van der Waals surface area (Å²) in [6.45, 7) is 13.4. The highest BCUT2D eigenvalue weighted by molar-refractivity contribution is 7.13. The third-order valence-electron chi connectivity index (χ3n) is 7.75. The number of aliphatic hydroxyl groups is 1. The second-order valence-corrected chi connectivity index (χ2v) is 14.2. The molecule has 4 rings (SSSR count). The van der Waals surface area contributed by atoms with E-state index in [2.05, 4.69) is 15.6 Å². The van der Waals surface area contributed by atoms with Gasteiger partial charge in [0.2, 0.25) is 11.8 Å². The average Bonchev–Trinajstić information content (AvgIpc) is 3.27. The highest BCUT2D eigenvalue weighted by Gasteiger charge is 2.53. The normalized spacial score (nSPS) is 22.0. The standard InChI is InChI=1S/C30H41FN4O4S/c1-17-22(40-16-32-17)18-8-10-19(11-9-18)23(28(2,3)4)33-25(37)21-14-20(36)15-35(21)26(38)24(29(5,6)7)34-27(39)30(31)12-13-30/h8-11,16,20-21,23-24,36H,12-15H2,1-7H3,(H,33,37)(H,34,39). The van der Waals surface area contributed by atoms with Crippen molar-refractivity contribution >= 4 is 29.1 Å². The van der Waals surface area contributed by atoms with Crippen molar-refractivity contribution < 1.29 is 23.9 Å². The van der Waals surface area contributed by atoms with Gasteiger partial charge in [-0.3, -0.25) is 14.4 Å². The van der Waals surface area contributed by atoms with E-state index in [4.69, 9.17) is 0 Å². The largest absolute Gasteiger partial charge is 0.391 e. The van der Waals surface area contributed by atoms with Crippen LogP contribution in [0.15, 0.2) is 29.8 Å². The quantitative estimate of drug-likeness (QED) is 0.458. The minimum Gasteiger partial charge on any atom is -0.391 e. The smallest absolute Gasteiger partial charge is 0.258 e. The molecule has 1 aromatic carbocycles. The molecule has 2 aromatic rings. The SMILES string of the molecule is Cc1ncsc1-c1ccc(C(NC(=O)C2CC(O)CN2C(=O)C(NC(=O)C2(F)CC2)C(C)(C)C)C(C)(C)C)cc1. The molecule has 3 amide bonds. The molecule has 8 nitrogen and oxygen atoms in total. The van der Waals surface area contributed by atoms with Crippen LogP contribution in [0.4, 0.5) is 4.39 Å². The Balaban J connectivity index is 1.55. The maximum Gasteiger partial charge on any atom is 0.258 e. The molecular weight excluding hydrogens is 531 g/mol. The molecule has 0 bridgehead atoms. The lowest BCUT2D eigenvalue weighted by Gasteiger charge is -2.37. The van der Waals surface area contributed by atoms with Gasteiger partial charge in [0, 0.05) is 13.0 Å². The Morgan fingerprint density at radius 1 is 1.07 bits per heavy atom. The number of aliphatic hydroxyl groups excluding tert-OH is 1. The molecule has 1 aliphatic heterocycles. The summed E-state index contributed by atoms with van der Waals surface area (Å²) in [5, 5.41) is 16.2. The molecule has 2 heterocycles. The molecule has 2 aliphatic rings. The van der Waals surface area contributed by atoms with Crippen molar-refractivity contribution in [3.05, 3.63) is 41.0 Å². The number of nitrogens with zero attached hydrogens (tertiary/aromatic N) is 2. The lowest BCUT2D eigenvalue weighted by Crippen LogP contribution is -2.59. The number of aryl methyl sites for hydroxylation is 1. The molecule has 1 aliphatic carbocycles. The van der Waals surface area contributed by atoms with E-state index in [0.717, 1.165) is 21.7 Å². The predicted molar refractivity (Wildman–Crippen MR) is 153 cm³/mol. The molecule has 0 radical (unpaired) electrons. The molecule has 4 unspecified atom stereocenters. The second-order valence-electron chi connectivity index (χ2n) is 13.3. The highest BCUT2D eigenvalue weighted by atomic mass is 32.1. The van der Waals surface area contributed by atoms with Crippen LogP contribution in [-0.2, 0) is 14.4 Å². The Bertz CT molecular complexity index is 1260. The molecule has 1 aromatic heterocycles. The van der Waals surface area contributed by atoms with E-state index >= 15 is 0 Å². The van der Waals surface area contributed by atoms with E-state index in [1.165, 1.54) is 4.90 Å². The number of nitrogens with one attached hydrogen (secondary N) is 2. The van der Waals surface area contributed by atoms with E-state index in [1.54, 1.807) is 32.1 Å². The van der Waals surface area contributed by atoms with Gasteiger partial charge >= 0.3 is 0 Å². The summed E-state index contributed by atoms with van der Waals surface area (Å²) in [5.41, 5.74) is 1.72. The Labute approximate surface area is 239 Å². The van der Waals surface area contributed by atoms with Crippen LogP contribution in [0.5, 0.6) is 0 Å². The van der Waals surface area contributed by atoms with Crippen molar-refractivity contribution in [3.63, 3.8) is 0 Å². The van der Waals surface area contributed by atoms with Gasteiger partial charge in [-0.25, -0.2) is 9.37 Å². The van der Waals surface area contributed by atoms with Crippen LogP contribution in [-0.4, -0.2) is 63.1 Å². The van der Waals surface area contributed by atoms with Crippen LogP contribution in [0, 0.1) is 17.8 Å². The minimum atomic E-state index is -1.93. The first-order valence-electron chi connectivity index (χ1n) is 13.8. The summed E-state index contributed by atoms with van der Waals surface area (Å²) in [6, 6.07) is 5.68. The highest BCUT2D eigenvalue weighted by Crippen LogP contribution is 2.41. The number of halogens is 1. The van der Waals surface area contributed by atoms with Gasteiger partial charge in [-0.15, -0.1) is 11.3 Å². The number of likely N-dealkylation sites (tertiary alicyclic amines) is 1. The monoisotopic (exact) mass is 572 g/mol. The molecule has 1 saturated heterocycles. The van der Waals surface area contributed by atoms with Crippen LogP contribution in [0.1, 0.15) is 78.1 Å². The number of benzene rings is 1. The summed E-state index contributed by atoms with van der Waals surface area (Å²) in [6.07, 6.45) is -0.537. The van der Waals surface area contributed by atoms with Crippen LogP contribution in [0.2, 0.25) is 0 Å². The first-order chi connectivity index (χ1) is 18.5. The van der Waals surface area contributed by atoms with Crippen molar-refractivity contribution in [2.24, 2.45) is 10.8 Å². The topological polar surface area (TPSA) is 112 Å². The fourth-order valence-electron chi connectivity index (χ4n) is 5.16. The number of alkyl halides is 1. The number of β-amino-alcohol motifs (C(OH)–C–C–N with tert-alkyl or cyclic N) is 1. The molecule has 10 heteroatoms. The van der Waals surface area contributed by atoms with Gasteiger partial charge in [-0.2, -0.15) is 0 Å². The first-order valence-corrected chi connectivity index (χ1v) is 14.7. The fourth-order valence-corrected chi connectivity index (χ4v) is 5.97. The number of aromatic nitrogens is 1. The Morgan fingerprint density at radius 2 is 1.70 bits per heavy atom. The van der Waals surface area contributed by atoms with Crippen LogP contribution in [0.3, 0.4) is 0 Å². The fraction of sp³-hybridized carbons (Fsp3) is 0.600. The van der Waals surface area contributed by atoms with Crippen LogP contribution in [0.25, 0.3) is 10.4 Å². The minimum absolute atomic E-state index is 0.0385. The number of rotatable bonds is 7. The molecule has 3 N–H and O–H groups in total. The molecular formula is C30H41FN4O4S. The molecule has 4 atom stereocenters. The molecule has 40 heavy (non-hydrogen) atoms. The number of hydrogen-bond acceptors (Lipinski definition) is 6. The summed E-state index contributed by atoms with van der Waals surface area (Å²) in [7, 11) is 0. The number of thiazole rings is 1. The zero-order chi connectivity index (χ0) is 29.6. The maximum absolute atomic E-state index is 14.4. The number of amides is 3. The third-order valence-corrected chi connectivity index (χ3v) is 8.73. The number of carbonyl (C=O) groups is 3. The molecule has 0 spiro atoms. The van der Waals surface area contributed by atoms with E-state index in [1.807, 2.05) is 57.5 Å². The van der Waals surface area contributed by atoms with Gasteiger partial charge in [-0.05, 0) is 41.7 Å². The van der Waals surface area contributed by atoms with Gasteiger partial charge in [0.25, 0.3) is 5.91 Å². The van der Waals surface area contributed by atoms with Crippen LogP contribution >= 0.6 is 11.3 Å². The Morgan fingerprint density at radius 3 is 2.20 bits per heavy atom. The number of carbonyl (C=O) groups excluding carboxylic acids is 3. The third kappa shape index (κ3) is 6.38. The van der Waals surface area contributed by atoms with Crippen molar-refractivity contribution in [1.82, 2.24) is 20.5 Å². The van der Waals surface area contributed by atoms with Crippen molar-refractivity contribution in [3.8, 4) is 10.4 Å². The number of hydrogen-bond donors (Lipinski definition) is 3. The second kappa shape index (κ2) is 10.9. The zero-order valence-corrected chi connectivity index (χ0v) is 25.2. The average molecular weight is 573 g/mol. The maximum atomic E-state index is 14.4. The van der Waals surface area contributed by atoms with Gasteiger partial charge in [-0.1, -0.05) is 65.8 Å².